The van der Waals surface area contributed by atoms with Crippen LogP contribution in [0, 0.1) is 5.82 Å². The Kier molecular flexibility index (Phi) is 6.34. The number of aromatic nitrogens is 1. The molecule has 3 aromatic rings. The Morgan fingerprint density at radius 1 is 1.00 bits per heavy atom. The van der Waals surface area contributed by atoms with Crippen molar-refractivity contribution in [3.8, 4) is 0 Å². The summed E-state index contributed by atoms with van der Waals surface area (Å²) in [4.78, 5) is 28.7. The maximum absolute atomic E-state index is 12.9. The second-order valence-corrected chi connectivity index (χ2v) is 6.46. The molecular formula is C21H17ClFN3O2. The summed E-state index contributed by atoms with van der Waals surface area (Å²) in [6, 6.07) is 15.8. The van der Waals surface area contributed by atoms with Gasteiger partial charge in [-0.1, -0.05) is 29.8 Å². The summed E-state index contributed by atoms with van der Waals surface area (Å²) < 4.78 is 12.9. The fourth-order valence-corrected chi connectivity index (χ4v) is 2.72. The van der Waals surface area contributed by atoms with Crippen molar-refractivity contribution in [2.24, 2.45) is 0 Å². The molecule has 0 bridgehead atoms. The van der Waals surface area contributed by atoms with E-state index < -0.39 is 0 Å². The molecule has 0 aliphatic carbocycles. The molecule has 1 aromatic heterocycles. The predicted molar refractivity (Wildman–Crippen MR) is 106 cm³/mol. The fourth-order valence-electron chi connectivity index (χ4n) is 2.53. The van der Waals surface area contributed by atoms with Crippen molar-refractivity contribution in [1.82, 2.24) is 10.3 Å². The van der Waals surface area contributed by atoms with Crippen LogP contribution in [-0.4, -0.2) is 23.3 Å². The number of hydrogen-bond acceptors (Lipinski definition) is 3. The van der Waals surface area contributed by atoms with E-state index in [4.69, 9.17) is 11.6 Å². The third kappa shape index (κ3) is 5.37. The Morgan fingerprint density at radius 3 is 2.54 bits per heavy atom. The van der Waals surface area contributed by atoms with Gasteiger partial charge in [0.25, 0.3) is 11.8 Å². The second-order valence-electron chi connectivity index (χ2n) is 6.03. The number of anilines is 1. The van der Waals surface area contributed by atoms with Crippen LogP contribution in [0.5, 0.6) is 0 Å². The molecule has 0 spiro atoms. The number of pyridine rings is 1. The molecule has 0 unspecified atom stereocenters. The average molecular weight is 398 g/mol. The number of carbonyl (C=O) groups excluding carboxylic acids is 2. The minimum atomic E-state index is -0.389. The van der Waals surface area contributed by atoms with Crippen LogP contribution in [0.2, 0.25) is 5.02 Å². The molecule has 0 saturated heterocycles. The van der Waals surface area contributed by atoms with E-state index in [0.717, 1.165) is 5.56 Å². The van der Waals surface area contributed by atoms with Gasteiger partial charge in [-0.25, -0.2) is 4.39 Å². The molecule has 0 aliphatic heterocycles. The normalized spacial score (nSPS) is 10.4. The van der Waals surface area contributed by atoms with E-state index in [-0.39, 0.29) is 23.3 Å². The van der Waals surface area contributed by atoms with Gasteiger partial charge in [-0.15, -0.1) is 0 Å². The van der Waals surface area contributed by atoms with Crippen LogP contribution in [-0.2, 0) is 6.42 Å². The Bertz CT molecular complexity index is 993. The molecule has 28 heavy (non-hydrogen) atoms. The number of hydrogen-bond donors (Lipinski definition) is 2. The van der Waals surface area contributed by atoms with Crippen molar-refractivity contribution >= 4 is 29.1 Å². The zero-order valence-electron chi connectivity index (χ0n) is 14.8. The molecule has 5 nitrogen and oxygen atoms in total. The highest BCUT2D eigenvalue weighted by Crippen LogP contribution is 2.16. The van der Waals surface area contributed by atoms with Gasteiger partial charge in [-0.3, -0.25) is 14.6 Å². The van der Waals surface area contributed by atoms with Gasteiger partial charge < -0.3 is 10.6 Å². The van der Waals surface area contributed by atoms with Gasteiger partial charge in [-0.2, -0.15) is 0 Å². The molecule has 0 saturated carbocycles. The van der Waals surface area contributed by atoms with Crippen LogP contribution >= 0.6 is 11.6 Å². The molecule has 1 heterocycles. The monoisotopic (exact) mass is 397 g/mol. The predicted octanol–water partition coefficient (Wildman–Crippen LogP) is 4.10. The lowest BCUT2D eigenvalue weighted by Gasteiger charge is -2.08. The number of amides is 2. The van der Waals surface area contributed by atoms with Crippen molar-refractivity contribution in [3.63, 3.8) is 0 Å². The molecule has 0 aliphatic rings. The van der Waals surface area contributed by atoms with Gasteiger partial charge >= 0.3 is 0 Å². The van der Waals surface area contributed by atoms with Crippen molar-refractivity contribution in [1.29, 1.82) is 0 Å². The standard InChI is InChI=1S/C21H17ClFN3O2/c22-16-2-1-3-18(13-16)26-20(27)15-9-11-24-19(12-15)21(28)25-10-8-14-4-6-17(23)7-5-14/h1-7,9,11-13H,8,10H2,(H,25,28)(H,26,27). The lowest BCUT2D eigenvalue weighted by atomic mass is 10.1. The van der Waals surface area contributed by atoms with Crippen molar-refractivity contribution in [2.75, 3.05) is 11.9 Å². The lowest BCUT2D eigenvalue weighted by molar-refractivity contribution is 0.0949. The molecule has 2 amide bonds. The van der Waals surface area contributed by atoms with Crippen LogP contribution in [0.3, 0.4) is 0 Å². The summed E-state index contributed by atoms with van der Waals surface area (Å²) in [6.45, 7) is 0.366. The molecule has 2 aromatic carbocycles. The largest absolute Gasteiger partial charge is 0.350 e. The zero-order chi connectivity index (χ0) is 19.9. The summed E-state index contributed by atoms with van der Waals surface area (Å²) in [7, 11) is 0. The smallest absolute Gasteiger partial charge is 0.269 e. The number of nitrogens with zero attached hydrogens (tertiary/aromatic N) is 1. The van der Waals surface area contributed by atoms with Crippen LogP contribution in [0.25, 0.3) is 0 Å². The van der Waals surface area contributed by atoms with Gasteiger partial charge in [0.05, 0.1) is 0 Å². The van der Waals surface area contributed by atoms with E-state index in [9.17, 15) is 14.0 Å². The van der Waals surface area contributed by atoms with Crippen LogP contribution < -0.4 is 10.6 Å². The zero-order valence-corrected chi connectivity index (χ0v) is 15.5. The first-order valence-electron chi connectivity index (χ1n) is 8.57. The minimum Gasteiger partial charge on any atom is -0.350 e. The fraction of sp³-hybridized carbons (Fsp3) is 0.0952. The van der Waals surface area contributed by atoms with Crippen molar-refractivity contribution in [2.45, 2.75) is 6.42 Å². The highest BCUT2D eigenvalue weighted by molar-refractivity contribution is 6.31. The maximum atomic E-state index is 12.9. The first-order valence-corrected chi connectivity index (χ1v) is 8.95. The quantitative estimate of drug-likeness (QED) is 0.657. The highest BCUT2D eigenvalue weighted by Gasteiger charge is 2.12. The van der Waals surface area contributed by atoms with Crippen LogP contribution in [0.4, 0.5) is 10.1 Å². The summed E-state index contributed by atoms with van der Waals surface area (Å²) in [5.74, 6) is -1.06. The number of nitrogens with one attached hydrogen (secondary N) is 2. The third-order valence-electron chi connectivity index (χ3n) is 3.95. The molecule has 7 heteroatoms. The SMILES string of the molecule is O=C(Nc1cccc(Cl)c1)c1ccnc(C(=O)NCCc2ccc(F)cc2)c1. The summed E-state index contributed by atoms with van der Waals surface area (Å²) >= 11 is 5.91. The van der Waals surface area contributed by atoms with E-state index in [1.807, 2.05) is 0 Å². The summed E-state index contributed by atoms with van der Waals surface area (Å²) in [5.41, 5.74) is 1.90. The number of rotatable bonds is 6. The number of halogens is 2. The van der Waals surface area contributed by atoms with Gasteiger partial charge in [0.15, 0.2) is 0 Å². The van der Waals surface area contributed by atoms with E-state index in [2.05, 4.69) is 15.6 Å². The highest BCUT2D eigenvalue weighted by atomic mass is 35.5. The summed E-state index contributed by atoms with van der Waals surface area (Å²) in [6.07, 6.45) is 1.96. The van der Waals surface area contributed by atoms with Crippen molar-refractivity contribution < 1.29 is 14.0 Å². The first kappa shape index (κ1) is 19.5. The maximum Gasteiger partial charge on any atom is 0.269 e. The Hall–Kier alpha value is -3.25. The number of carbonyl (C=O) groups is 2. The molecule has 0 fully saturated rings. The Balaban J connectivity index is 1.59. The molecular weight excluding hydrogens is 381 g/mol. The van der Waals surface area contributed by atoms with Crippen LogP contribution in [0.1, 0.15) is 26.4 Å². The molecule has 142 valence electrons. The average Bonchev–Trinajstić information content (AvgIpc) is 2.69. The van der Waals surface area contributed by atoms with Gasteiger partial charge in [0, 0.05) is 29.0 Å². The lowest BCUT2D eigenvalue weighted by Crippen LogP contribution is -2.27. The molecule has 0 atom stereocenters. The van der Waals surface area contributed by atoms with E-state index in [1.165, 1.54) is 30.5 Å². The number of benzene rings is 2. The minimum absolute atomic E-state index is 0.137. The van der Waals surface area contributed by atoms with E-state index in [1.54, 1.807) is 36.4 Å². The molecule has 3 rings (SSSR count). The molecule has 2 N–H and O–H groups in total. The van der Waals surface area contributed by atoms with Crippen LogP contribution in [0.15, 0.2) is 66.9 Å². The summed E-state index contributed by atoms with van der Waals surface area (Å²) in [5, 5.41) is 5.97. The Labute approximate surface area is 166 Å². The second kappa shape index (κ2) is 9.10. The third-order valence-corrected chi connectivity index (χ3v) is 4.18. The first-order chi connectivity index (χ1) is 13.5. The van der Waals surface area contributed by atoms with E-state index in [0.29, 0.717) is 29.2 Å². The van der Waals surface area contributed by atoms with Gasteiger partial charge in [-0.05, 0) is 54.4 Å². The Morgan fingerprint density at radius 2 is 1.79 bits per heavy atom. The van der Waals surface area contributed by atoms with Gasteiger partial charge in [0.2, 0.25) is 0 Å². The van der Waals surface area contributed by atoms with Crippen molar-refractivity contribution in [3.05, 3.63) is 94.5 Å². The van der Waals surface area contributed by atoms with Gasteiger partial charge in [0.1, 0.15) is 11.5 Å². The molecule has 0 radical (unpaired) electrons. The topological polar surface area (TPSA) is 71.1 Å². The van der Waals surface area contributed by atoms with E-state index >= 15 is 0 Å².